The number of hydrogen-bond acceptors (Lipinski definition) is 10. The van der Waals surface area contributed by atoms with Crippen LogP contribution >= 0.6 is 0 Å². The summed E-state index contributed by atoms with van der Waals surface area (Å²) in [5.41, 5.74) is 7.23. The summed E-state index contributed by atoms with van der Waals surface area (Å²) in [6.07, 6.45) is 1.50. The number of nitrogens with two attached hydrogens (primary N) is 1. The third-order valence-corrected chi connectivity index (χ3v) is 5.73. The van der Waals surface area contributed by atoms with E-state index >= 15 is 4.39 Å². The molecule has 1 aromatic carbocycles. The average Bonchev–Trinajstić information content (AvgIpc) is 3.34. The quantitative estimate of drug-likeness (QED) is 0.249. The number of pyridine rings is 1. The Morgan fingerprint density at radius 1 is 1.18 bits per heavy atom. The SMILES string of the molecule is CCOCOc1ccc(C(C)(C)O)nc1Cn1cc(-c2nc(-c3cccc(C#N)c3C)nc(N)c2F)nn1. The highest BCUT2D eigenvalue weighted by Crippen LogP contribution is 2.29. The predicted molar refractivity (Wildman–Crippen MR) is 136 cm³/mol. The lowest BCUT2D eigenvalue weighted by atomic mass is 10.0. The van der Waals surface area contributed by atoms with E-state index in [1.165, 1.54) is 10.9 Å². The van der Waals surface area contributed by atoms with E-state index in [2.05, 4.69) is 31.3 Å². The van der Waals surface area contributed by atoms with Gasteiger partial charge in [-0.3, -0.25) is 0 Å². The van der Waals surface area contributed by atoms with E-state index in [1.54, 1.807) is 51.1 Å². The molecule has 0 saturated carbocycles. The summed E-state index contributed by atoms with van der Waals surface area (Å²) in [4.78, 5) is 13.0. The van der Waals surface area contributed by atoms with Crippen LogP contribution in [0.1, 0.15) is 43.3 Å². The maximum Gasteiger partial charge on any atom is 0.193 e. The number of nitriles is 1. The number of halogens is 1. The minimum atomic E-state index is -1.18. The number of anilines is 1. The number of benzene rings is 1. The Hall–Kier alpha value is -4.47. The second-order valence-electron chi connectivity index (χ2n) is 8.94. The predicted octanol–water partition coefficient (Wildman–Crippen LogP) is 3.35. The van der Waals surface area contributed by atoms with Gasteiger partial charge in [-0.2, -0.15) is 5.26 Å². The molecule has 38 heavy (non-hydrogen) atoms. The lowest BCUT2D eigenvalue weighted by Gasteiger charge is -2.19. The van der Waals surface area contributed by atoms with E-state index < -0.39 is 11.4 Å². The molecule has 4 rings (SSSR count). The normalized spacial score (nSPS) is 11.4. The Kier molecular flexibility index (Phi) is 7.61. The summed E-state index contributed by atoms with van der Waals surface area (Å²) in [5.74, 6) is -0.587. The van der Waals surface area contributed by atoms with Crippen molar-refractivity contribution in [3.63, 3.8) is 0 Å². The average molecular weight is 519 g/mol. The van der Waals surface area contributed by atoms with Crippen LogP contribution < -0.4 is 10.5 Å². The number of aliphatic hydroxyl groups is 1. The highest BCUT2D eigenvalue weighted by molar-refractivity contribution is 5.69. The van der Waals surface area contributed by atoms with Crippen molar-refractivity contribution >= 4 is 5.82 Å². The Morgan fingerprint density at radius 2 is 1.97 bits per heavy atom. The van der Waals surface area contributed by atoms with Crippen LogP contribution in [0.5, 0.6) is 5.75 Å². The second-order valence-corrected chi connectivity index (χ2v) is 8.94. The van der Waals surface area contributed by atoms with Gasteiger partial charge in [-0.15, -0.1) is 5.10 Å². The summed E-state index contributed by atoms with van der Waals surface area (Å²) in [6.45, 7) is 7.47. The van der Waals surface area contributed by atoms with Gasteiger partial charge in [0.2, 0.25) is 0 Å². The van der Waals surface area contributed by atoms with Crippen molar-refractivity contribution in [2.45, 2.75) is 39.8 Å². The largest absolute Gasteiger partial charge is 0.466 e. The molecule has 0 unspecified atom stereocenters. The number of nitrogen functional groups attached to an aromatic ring is 1. The first-order valence-electron chi connectivity index (χ1n) is 11.8. The van der Waals surface area contributed by atoms with Crippen LogP contribution in [-0.2, 0) is 16.9 Å². The molecule has 0 atom stereocenters. The van der Waals surface area contributed by atoms with E-state index in [1.807, 2.05) is 6.92 Å². The fourth-order valence-electron chi connectivity index (χ4n) is 3.65. The third-order valence-electron chi connectivity index (χ3n) is 5.73. The van der Waals surface area contributed by atoms with Crippen LogP contribution in [0.15, 0.2) is 36.5 Å². The first-order valence-corrected chi connectivity index (χ1v) is 11.8. The molecule has 0 spiro atoms. The van der Waals surface area contributed by atoms with Gasteiger partial charge in [-0.05, 0) is 51.5 Å². The van der Waals surface area contributed by atoms with Gasteiger partial charge >= 0.3 is 0 Å². The minimum absolute atomic E-state index is 0.0241. The third kappa shape index (κ3) is 5.59. The molecular weight excluding hydrogens is 491 g/mol. The van der Waals surface area contributed by atoms with Gasteiger partial charge < -0.3 is 20.3 Å². The Bertz CT molecular complexity index is 1510. The number of hydrogen-bond donors (Lipinski definition) is 2. The molecule has 0 fully saturated rings. The molecule has 0 saturated heterocycles. The van der Waals surface area contributed by atoms with E-state index in [0.717, 1.165) is 0 Å². The molecule has 0 aliphatic rings. The molecule has 3 N–H and O–H groups in total. The van der Waals surface area contributed by atoms with Crippen molar-refractivity contribution in [1.29, 1.82) is 5.26 Å². The molecule has 11 nitrogen and oxygen atoms in total. The van der Waals surface area contributed by atoms with Gasteiger partial charge in [0.05, 0.1) is 30.1 Å². The van der Waals surface area contributed by atoms with Crippen LogP contribution in [0, 0.1) is 24.1 Å². The molecule has 0 radical (unpaired) electrons. The van der Waals surface area contributed by atoms with Gasteiger partial charge in [-0.1, -0.05) is 17.3 Å². The molecule has 3 aromatic heterocycles. The summed E-state index contributed by atoms with van der Waals surface area (Å²) in [6, 6.07) is 10.6. The van der Waals surface area contributed by atoms with Crippen LogP contribution in [0.4, 0.5) is 10.2 Å². The zero-order valence-electron chi connectivity index (χ0n) is 21.4. The van der Waals surface area contributed by atoms with Crippen molar-refractivity contribution in [1.82, 2.24) is 29.9 Å². The maximum absolute atomic E-state index is 15.0. The van der Waals surface area contributed by atoms with Gasteiger partial charge in [0, 0.05) is 12.2 Å². The standard InChI is InChI=1S/C26H27FN8O3/c1-5-37-14-38-20-9-10-21(26(3,4)36)30-18(20)12-35-13-19(33-34-35)23-22(27)24(29)32-25(31-23)17-8-6-7-16(11-28)15(17)2/h6-10,13,36H,5,12,14H2,1-4H3,(H2,29,31,32). The van der Waals surface area contributed by atoms with E-state index in [9.17, 15) is 10.4 Å². The fourth-order valence-corrected chi connectivity index (χ4v) is 3.65. The van der Waals surface area contributed by atoms with E-state index in [-0.39, 0.29) is 36.4 Å². The smallest absolute Gasteiger partial charge is 0.193 e. The summed E-state index contributed by atoms with van der Waals surface area (Å²) >= 11 is 0. The van der Waals surface area contributed by atoms with Crippen LogP contribution in [0.3, 0.4) is 0 Å². The highest BCUT2D eigenvalue weighted by atomic mass is 19.1. The van der Waals surface area contributed by atoms with Crippen molar-refractivity contribution < 1.29 is 19.0 Å². The first-order chi connectivity index (χ1) is 18.1. The Morgan fingerprint density at radius 3 is 2.68 bits per heavy atom. The van der Waals surface area contributed by atoms with Crippen molar-refractivity contribution in [3.8, 4) is 34.6 Å². The van der Waals surface area contributed by atoms with Crippen LogP contribution in [0.25, 0.3) is 22.8 Å². The second kappa shape index (κ2) is 10.9. The summed E-state index contributed by atoms with van der Waals surface area (Å²) in [5, 5.41) is 28.0. The summed E-state index contributed by atoms with van der Waals surface area (Å²) < 4.78 is 27.4. The van der Waals surface area contributed by atoms with Gasteiger partial charge in [-0.25, -0.2) is 24.0 Å². The summed E-state index contributed by atoms with van der Waals surface area (Å²) in [7, 11) is 0. The molecular formula is C26H27FN8O3. The molecule has 0 bridgehead atoms. The highest BCUT2D eigenvalue weighted by Gasteiger charge is 2.22. The van der Waals surface area contributed by atoms with E-state index in [0.29, 0.717) is 40.4 Å². The molecule has 0 aliphatic carbocycles. The zero-order valence-corrected chi connectivity index (χ0v) is 21.4. The number of ether oxygens (including phenoxy) is 2. The molecule has 0 aliphatic heterocycles. The monoisotopic (exact) mass is 518 g/mol. The Labute approximate surface area is 218 Å². The lowest BCUT2D eigenvalue weighted by molar-refractivity contribution is 0.0212. The number of nitrogens with zero attached hydrogens (tertiary/aromatic N) is 7. The molecule has 196 valence electrons. The van der Waals surface area contributed by atoms with Gasteiger partial charge in [0.15, 0.2) is 24.3 Å². The lowest BCUT2D eigenvalue weighted by Crippen LogP contribution is -2.19. The van der Waals surface area contributed by atoms with Crippen LogP contribution in [0.2, 0.25) is 0 Å². The maximum atomic E-state index is 15.0. The molecule has 12 heteroatoms. The fraction of sp³-hybridized carbons (Fsp3) is 0.308. The molecule has 0 amide bonds. The number of aromatic nitrogens is 6. The van der Waals surface area contributed by atoms with Crippen molar-refractivity contribution in [2.24, 2.45) is 0 Å². The van der Waals surface area contributed by atoms with E-state index in [4.69, 9.17) is 15.2 Å². The Balaban J connectivity index is 1.70. The number of rotatable bonds is 9. The zero-order chi connectivity index (χ0) is 27.4. The first kappa shape index (κ1) is 26.6. The van der Waals surface area contributed by atoms with Crippen molar-refractivity contribution in [2.75, 3.05) is 19.1 Å². The van der Waals surface area contributed by atoms with Crippen LogP contribution in [-0.4, -0.2) is 48.5 Å². The molecule has 4 aromatic rings. The van der Waals surface area contributed by atoms with Gasteiger partial charge in [0.1, 0.15) is 28.4 Å². The minimum Gasteiger partial charge on any atom is -0.466 e. The van der Waals surface area contributed by atoms with Crippen molar-refractivity contribution in [3.05, 3.63) is 64.9 Å². The van der Waals surface area contributed by atoms with Gasteiger partial charge in [0.25, 0.3) is 0 Å². The molecule has 3 heterocycles. The topological polar surface area (TPSA) is 158 Å².